The number of alkyl halides is 3. The van der Waals surface area contributed by atoms with Crippen LogP contribution in [0.3, 0.4) is 0 Å². The van der Waals surface area contributed by atoms with Gasteiger partial charge in [-0.2, -0.15) is 13.2 Å². The van der Waals surface area contributed by atoms with E-state index in [2.05, 4.69) is 30.9 Å². The number of urea groups is 1. The molecule has 41 heavy (non-hydrogen) atoms. The lowest BCUT2D eigenvalue weighted by Crippen LogP contribution is -2.28. The first-order valence-corrected chi connectivity index (χ1v) is 13.9. The van der Waals surface area contributed by atoms with Gasteiger partial charge in [0.15, 0.2) is 16.9 Å². The van der Waals surface area contributed by atoms with E-state index in [9.17, 15) is 27.6 Å². The number of Topliss-reactive ketones (excluding diaryl/α,β-unsaturated/α-hetero) is 1. The van der Waals surface area contributed by atoms with E-state index in [0.717, 1.165) is 16.7 Å². The van der Waals surface area contributed by atoms with Crippen molar-refractivity contribution >= 4 is 39.9 Å². The van der Waals surface area contributed by atoms with Gasteiger partial charge in [0.25, 0.3) is 0 Å². The molecule has 0 aliphatic carbocycles. The van der Waals surface area contributed by atoms with Crippen molar-refractivity contribution in [1.82, 2.24) is 25.6 Å². The number of amides is 2. The molecule has 1 aliphatic rings. The van der Waals surface area contributed by atoms with E-state index < -0.39 is 29.1 Å². The SMILES string of the molecule is C1CCNCC1.CCNC(=O)Nc1cc(-c2nc(C(F)(F)F)cs2)c(-c2ccc3[nH]cc(C(C)=O)c(=O)c3c2)cn1. The Hall–Kier alpha value is -4.10. The number of anilines is 1. The van der Waals surface area contributed by atoms with Gasteiger partial charge >= 0.3 is 12.2 Å². The normalized spacial score (nSPS) is 13.3. The number of nitrogens with one attached hydrogen (secondary N) is 4. The summed E-state index contributed by atoms with van der Waals surface area (Å²) in [4.78, 5) is 47.4. The Morgan fingerprint density at radius 2 is 1.85 bits per heavy atom. The Kier molecular flexibility index (Phi) is 9.50. The molecule has 0 atom stereocenters. The first-order chi connectivity index (χ1) is 19.6. The number of piperidine rings is 1. The summed E-state index contributed by atoms with van der Waals surface area (Å²) in [6.45, 7) is 5.88. The second kappa shape index (κ2) is 13.0. The summed E-state index contributed by atoms with van der Waals surface area (Å²) >= 11 is 0.790. The first-order valence-electron chi connectivity index (χ1n) is 13.0. The number of hydrogen-bond acceptors (Lipinski definition) is 7. The second-order valence-electron chi connectivity index (χ2n) is 9.29. The van der Waals surface area contributed by atoms with Gasteiger partial charge in [-0.3, -0.25) is 14.9 Å². The van der Waals surface area contributed by atoms with Crippen molar-refractivity contribution in [2.75, 3.05) is 25.0 Å². The molecule has 216 valence electrons. The fourth-order valence-corrected chi connectivity index (χ4v) is 5.09. The maximum Gasteiger partial charge on any atom is 0.434 e. The van der Waals surface area contributed by atoms with Gasteiger partial charge in [0, 0.05) is 46.3 Å². The molecule has 0 radical (unpaired) electrons. The molecule has 1 aromatic carbocycles. The van der Waals surface area contributed by atoms with Crippen LogP contribution in [0.2, 0.25) is 0 Å². The minimum Gasteiger partial charge on any atom is -0.360 e. The Balaban J connectivity index is 0.000000572. The summed E-state index contributed by atoms with van der Waals surface area (Å²) in [6.07, 6.45) is 2.32. The first kappa shape index (κ1) is 29.9. The topological polar surface area (TPSA) is 129 Å². The third-order valence-electron chi connectivity index (χ3n) is 6.29. The van der Waals surface area contributed by atoms with E-state index >= 15 is 0 Å². The maximum absolute atomic E-state index is 13.2. The number of H-pyrrole nitrogens is 1. The molecule has 0 bridgehead atoms. The van der Waals surface area contributed by atoms with E-state index in [1.165, 1.54) is 63.8 Å². The van der Waals surface area contributed by atoms with Crippen molar-refractivity contribution in [1.29, 1.82) is 0 Å². The molecular weight excluding hydrogens is 557 g/mol. The number of pyridine rings is 2. The van der Waals surface area contributed by atoms with Gasteiger partial charge < -0.3 is 15.6 Å². The molecule has 13 heteroatoms. The minimum absolute atomic E-state index is 0.00998. The molecule has 3 aromatic heterocycles. The number of aromatic nitrogens is 3. The van der Waals surface area contributed by atoms with Crippen LogP contribution < -0.4 is 21.4 Å². The van der Waals surface area contributed by atoms with E-state index in [1.807, 2.05) is 0 Å². The van der Waals surface area contributed by atoms with Crippen molar-refractivity contribution in [3.8, 4) is 21.7 Å². The van der Waals surface area contributed by atoms with Crippen molar-refractivity contribution in [3.63, 3.8) is 0 Å². The molecule has 4 N–H and O–H groups in total. The van der Waals surface area contributed by atoms with Gasteiger partial charge in [0.1, 0.15) is 10.8 Å². The zero-order valence-corrected chi connectivity index (χ0v) is 23.3. The van der Waals surface area contributed by atoms with Crippen LogP contribution >= 0.6 is 11.3 Å². The number of rotatable bonds is 5. The van der Waals surface area contributed by atoms with Crippen LogP contribution in [-0.4, -0.2) is 46.4 Å². The van der Waals surface area contributed by atoms with Crippen molar-refractivity contribution in [2.45, 2.75) is 39.3 Å². The highest BCUT2D eigenvalue weighted by molar-refractivity contribution is 7.13. The molecule has 1 saturated heterocycles. The number of thiazole rings is 1. The molecular formula is C28H29F3N6O3S. The van der Waals surface area contributed by atoms with Crippen molar-refractivity contribution < 1.29 is 22.8 Å². The Bertz CT molecular complexity index is 1600. The lowest BCUT2D eigenvalue weighted by Gasteiger charge is -2.12. The second-order valence-corrected chi connectivity index (χ2v) is 10.2. The van der Waals surface area contributed by atoms with Gasteiger partial charge in [0.2, 0.25) is 0 Å². The van der Waals surface area contributed by atoms with E-state index in [1.54, 1.807) is 19.1 Å². The van der Waals surface area contributed by atoms with Crippen LogP contribution in [-0.2, 0) is 6.18 Å². The quantitative estimate of drug-likeness (QED) is 0.218. The number of hydrogen-bond donors (Lipinski definition) is 4. The van der Waals surface area contributed by atoms with Crippen LogP contribution in [0.15, 0.2) is 46.8 Å². The number of fused-ring (bicyclic) bond motifs is 1. The Morgan fingerprint density at radius 3 is 2.44 bits per heavy atom. The van der Waals surface area contributed by atoms with Crippen LogP contribution in [0.25, 0.3) is 32.6 Å². The van der Waals surface area contributed by atoms with Crippen LogP contribution in [0.5, 0.6) is 0 Å². The van der Waals surface area contributed by atoms with Crippen LogP contribution in [0, 0.1) is 0 Å². The molecule has 0 spiro atoms. The average molecular weight is 587 g/mol. The summed E-state index contributed by atoms with van der Waals surface area (Å²) in [5.74, 6) is -0.292. The molecule has 1 fully saturated rings. The number of carbonyl (C=O) groups is 2. The number of carbonyl (C=O) groups excluding carboxylic acids is 2. The number of nitrogens with zero attached hydrogens (tertiary/aromatic N) is 2. The summed E-state index contributed by atoms with van der Waals surface area (Å²) in [7, 11) is 0. The molecule has 0 unspecified atom stereocenters. The van der Waals surface area contributed by atoms with Crippen LogP contribution in [0.4, 0.5) is 23.8 Å². The van der Waals surface area contributed by atoms with Crippen molar-refractivity contribution in [2.24, 2.45) is 0 Å². The fraction of sp³-hybridized carbons (Fsp3) is 0.321. The smallest absolute Gasteiger partial charge is 0.360 e. The summed E-state index contributed by atoms with van der Waals surface area (Å²) in [5, 5.41) is 9.56. The van der Waals surface area contributed by atoms with Gasteiger partial charge in [-0.05, 0) is 63.5 Å². The maximum atomic E-state index is 13.2. The fourth-order valence-electron chi connectivity index (χ4n) is 4.23. The van der Waals surface area contributed by atoms with Crippen molar-refractivity contribution in [3.05, 3.63) is 63.5 Å². The molecule has 2 amide bonds. The number of ketones is 1. The van der Waals surface area contributed by atoms with Gasteiger partial charge in [0.05, 0.1) is 5.56 Å². The lowest BCUT2D eigenvalue weighted by atomic mass is 9.99. The van der Waals surface area contributed by atoms with Crippen LogP contribution in [0.1, 0.15) is 49.2 Å². The minimum atomic E-state index is -4.62. The largest absolute Gasteiger partial charge is 0.434 e. The zero-order chi connectivity index (χ0) is 29.6. The highest BCUT2D eigenvalue weighted by atomic mass is 32.1. The highest BCUT2D eigenvalue weighted by Gasteiger charge is 2.34. The standard InChI is InChI=1S/C23H18F3N5O3S.C5H11N/c1-3-27-22(34)31-19-7-13(21-30-18(10-35-21)23(24,25)26)16(9-29-19)12-4-5-17-14(6-12)20(33)15(8-28-17)11(2)32;1-2-4-6-5-3-1/h4-10H,3H2,1-2H3,(H,28,33)(H2,27,29,31,34);6H,1-5H2. The monoisotopic (exact) mass is 586 g/mol. The number of aromatic amines is 1. The Labute approximate surface area is 237 Å². The molecule has 5 rings (SSSR count). The van der Waals surface area contributed by atoms with E-state index in [0.29, 0.717) is 23.2 Å². The highest BCUT2D eigenvalue weighted by Crippen LogP contribution is 2.38. The zero-order valence-electron chi connectivity index (χ0n) is 22.4. The number of halogens is 3. The lowest BCUT2D eigenvalue weighted by molar-refractivity contribution is -0.140. The third-order valence-corrected chi connectivity index (χ3v) is 7.16. The predicted octanol–water partition coefficient (Wildman–Crippen LogP) is 5.84. The molecule has 4 aromatic rings. The van der Waals surface area contributed by atoms with E-state index in [4.69, 9.17) is 0 Å². The summed E-state index contributed by atoms with van der Waals surface area (Å²) in [6, 6.07) is 5.73. The van der Waals surface area contributed by atoms with Gasteiger partial charge in [-0.25, -0.2) is 14.8 Å². The number of benzene rings is 1. The molecule has 4 heterocycles. The van der Waals surface area contributed by atoms with Gasteiger partial charge in [-0.15, -0.1) is 11.3 Å². The molecule has 0 saturated carbocycles. The molecule has 9 nitrogen and oxygen atoms in total. The summed E-state index contributed by atoms with van der Waals surface area (Å²) < 4.78 is 39.6. The Morgan fingerprint density at radius 1 is 1.10 bits per heavy atom. The summed E-state index contributed by atoms with van der Waals surface area (Å²) in [5.41, 5.74) is 0.116. The van der Waals surface area contributed by atoms with E-state index in [-0.39, 0.29) is 27.3 Å². The average Bonchev–Trinajstić information content (AvgIpc) is 3.46. The van der Waals surface area contributed by atoms with Gasteiger partial charge in [-0.1, -0.05) is 12.5 Å². The predicted molar refractivity (Wildman–Crippen MR) is 153 cm³/mol. The third kappa shape index (κ3) is 7.35. The molecule has 1 aliphatic heterocycles.